The highest BCUT2D eigenvalue weighted by Gasteiger charge is 2.54. The maximum absolute atomic E-state index is 12.4. The molecule has 0 unspecified atom stereocenters. The van der Waals surface area contributed by atoms with Crippen LogP contribution in [0.25, 0.3) is 4.85 Å². The van der Waals surface area contributed by atoms with Crippen molar-refractivity contribution in [2.24, 2.45) is 16.7 Å². The van der Waals surface area contributed by atoms with Crippen LogP contribution < -0.4 is 0 Å². The molecule has 0 aromatic rings. The van der Waals surface area contributed by atoms with Crippen LogP contribution in [0.5, 0.6) is 0 Å². The van der Waals surface area contributed by atoms with Crippen molar-refractivity contribution in [2.75, 3.05) is 0 Å². The SMILES string of the molecule is [C-]#[N+]C1=C[C@]2(C)CC[C@@H](C(C)C)O[C@H]2C(C)(C)C1=O. The van der Waals surface area contributed by atoms with Gasteiger partial charge in [-0.1, -0.05) is 40.7 Å². The second-order valence-corrected chi connectivity index (χ2v) is 7.04. The maximum atomic E-state index is 12.4. The fourth-order valence-corrected chi connectivity index (χ4v) is 3.53. The Bertz CT molecular complexity index is 470. The van der Waals surface area contributed by atoms with Crippen molar-refractivity contribution in [3.8, 4) is 0 Å². The summed E-state index contributed by atoms with van der Waals surface area (Å²) in [6.45, 7) is 17.5. The van der Waals surface area contributed by atoms with Gasteiger partial charge in [0, 0.05) is 10.8 Å². The van der Waals surface area contributed by atoms with E-state index in [9.17, 15) is 4.79 Å². The normalized spacial score (nSPS) is 37.5. The van der Waals surface area contributed by atoms with Crippen LogP contribution in [0, 0.1) is 23.3 Å². The summed E-state index contributed by atoms with van der Waals surface area (Å²) in [5, 5.41) is 0. The molecule has 1 heterocycles. The lowest BCUT2D eigenvalue weighted by Gasteiger charge is -2.52. The van der Waals surface area contributed by atoms with Crippen molar-refractivity contribution >= 4 is 5.78 Å². The molecule has 1 aliphatic carbocycles. The van der Waals surface area contributed by atoms with Gasteiger partial charge < -0.3 is 9.53 Å². The predicted molar refractivity (Wildman–Crippen MR) is 74.3 cm³/mol. The molecule has 19 heavy (non-hydrogen) atoms. The average molecular weight is 261 g/mol. The Hall–Kier alpha value is -1.14. The number of nitrogens with zero attached hydrogens (tertiary/aromatic N) is 1. The molecule has 0 saturated carbocycles. The molecule has 3 atom stereocenters. The first-order chi connectivity index (χ1) is 8.72. The van der Waals surface area contributed by atoms with Gasteiger partial charge in [-0.2, -0.15) is 0 Å². The molecular formula is C16H23NO2. The van der Waals surface area contributed by atoms with Crippen molar-refractivity contribution in [1.29, 1.82) is 0 Å². The highest BCUT2D eigenvalue weighted by molar-refractivity contribution is 6.02. The zero-order chi connectivity index (χ0) is 14.4. The number of carbonyl (C=O) groups is 1. The van der Waals surface area contributed by atoms with E-state index in [0.717, 1.165) is 12.8 Å². The lowest BCUT2D eigenvalue weighted by atomic mass is 9.60. The fourth-order valence-electron chi connectivity index (χ4n) is 3.53. The summed E-state index contributed by atoms with van der Waals surface area (Å²) >= 11 is 0. The van der Waals surface area contributed by atoms with Crippen molar-refractivity contribution in [3.05, 3.63) is 23.2 Å². The van der Waals surface area contributed by atoms with Crippen LogP contribution in [0.3, 0.4) is 0 Å². The highest BCUT2D eigenvalue weighted by atomic mass is 16.5. The van der Waals surface area contributed by atoms with Gasteiger partial charge in [0.25, 0.3) is 0 Å². The minimum atomic E-state index is -0.614. The first-order valence-corrected chi connectivity index (χ1v) is 7.03. The van der Waals surface area contributed by atoms with Gasteiger partial charge in [0.15, 0.2) is 5.78 Å². The number of ketones is 1. The number of hydrogen-bond donors (Lipinski definition) is 0. The molecule has 0 amide bonds. The Morgan fingerprint density at radius 3 is 2.58 bits per heavy atom. The third kappa shape index (κ3) is 2.12. The molecule has 104 valence electrons. The number of rotatable bonds is 1. The zero-order valence-corrected chi connectivity index (χ0v) is 12.5. The van der Waals surface area contributed by atoms with Crippen LogP contribution in [0.4, 0.5) is 0 Å². The van der Waals surface area contributed by atoms with E-state index in [0.29, 0.717) is 5.92 Å². The average Bonchev–Trinajstić information content (AvgIpc) is 2.33. The summed E-state index contributed by atoms with van der Waals surface area (Å²) in [6, 6.07) is 0. The molecule has 2 rings (SSSR count). The third-order valence-electron chi connectivity index (χ3n) is 4.68. The Morgan fingerprint density at radius 1 is 1.42 bits per heavy atom. The standard InChI is InChI=1S/C16H23NO2/c1-10(2)12-7-8-16(5)9-11(17-6)13(18)15(3,4)14(16)19-12/h9-10,12,14H,7-8H2,1-5H3/t12-,14-,16-/m0/s1. The van der Waals surface area contributed by atoms with Crippen LogP contribution in [0.2, 0.25) is 0 Å². The fraction of sp³-hybridized carbons (Fsp3) is 0.750. The van der Waals surface area contributed by atoms with E-state index >= 15 is 0 Å². The second kappa shape index (κ2) is 4.45. The molecule has 2 aliphatic rings. The topological polar surface area (TPSA) is 30.7 Å². The van der Waals surface area contributed by atoms with Crippen molar-refractivity contribution < 1.29 is 9.53 Å². The quantitative estimate of drug-likeness (QED) is 0.675. The van der Waals surface area contributed by atoms with Gasteiger partial charge >= 0.3 is 0 Å². The zero-order valence-electron chi connectivity index (χ0n) is 12.5. The minimum Gasteiger partial charge on any atom is -0.373 e. The number of Topliss-reactive ketones (excluding diaryl/α,β-unsaturated/α-hetero) is 1. The van der Waals surface area contributed by atoms with Gasteiger partial charge in [-0.15, -0.1) is 0 Å². The number of ether oxygens (including phenoxy) is 1. The van der Waals surface area contributed by atoms with Crippen molar-refractivity contribution in [1.82, 2.24) is 0 Å². The van der Waals surface area contributed by atoms with Crippen molar-refractivity contribution in [2.45, 2.75) is 59.7 Å². The van der Waals surface area contributed by atoms with Gasteiger partial charge in [-0.3, -0.25) is 0 Å². The summed E-state index contributed by atoms with van der Waals surface area (Å²) in [5.41, 5.74) is -0.519. The molecule has 0 radical (unpaired) electrons. The third-order valence-corrected chi connectivity index (χ3v) is 4.68. The molecule has 3 nitrogen and oxygen atoms in total. The van der Waals surface area contributed by atoms with E-state index in [1.165, 1.54) is 0 Å². The Balaban J connectivity index is 2.43. The molecule has 3 heteroatoms. The summed E-state index contributed by atoms with van der Waals surface area (Å²) in [4.78, 5) is 15.8. The highest BCUT2D eigenvalue weighted by Crippen LogP contribution is 2.51. The van der Waals surface area contributed by atoms with E-state index in [2.05, 4.69) is 25.6 Å². The molecule has 0 aromatic heterocycles. The number of hydrogen-bond acceptors (Lipinski definition) is 2. The van der Waals surface area contributed by atoms with E-state index in [4.69, 9.17) is 11.3 Å². The molecule has 0 bridgehead atoms. The molecule has 0 aromatic carbocycles. The molecular weight excluding hydrogens is 238 g/mol. The van der Waals surface area contributed by atoms with Gasteiger partial charge in [0.1, 0.15) is 0 Å². The molecule has 1 fully saturated rings. The Kier molecular flexibility index (Phi) is 3.35. The Morgan fingerprint density at radius 2 is 2.05 bits per heavy atom. The monoisotopic (exact) mass is 261 g/mol. The lowest BCUT2D eigenvalue weighted by molar-refractivity contribution is -0.178. The summed E-state index contributed by atoms with van der Waals surface area (Å²) in [5.74, 6) is 0.385. The van der Waals surface area contributed by atoms with Crippen LogP contribution in [0.15, 0.2) is 11.8 Å². The van der Waals surface area contributed by atoms with E-state index in [-0.39, 0.29) is 29.1 Å². The van der Waals surface area contributed by atoms with Gasteiger partial charge in [-0.25, -0.2) is 4.85 Å². The molecule has 1 saturated heterocycles. The van der Waals surface area contributed by atoms with Crippen LogP contribution >= 0.6 is 0 Å². The van der Waals surface area contributed by atoms with E-state index < -0.39 is 5.41 Å². The largest absolute Gasteiger partial charge is 0.373 e. The van der Waals surface area contributed by atoms with Crippen LogP contribution in [0.1, 0.15) is 47.5 Å². The van der Waals surface area contributed by atoms with Crippen LogP contribution in [-0.2, 0) is 9.53 Å². The summed E-state index contributed by atoms with van der Waals surface area (Å²) in [6.07, 6.45) is 3.93. The Labute approximate surface area is 115 Å². The van der Waals surface area contributed by atoms with Crippen LogP contribution in [-0.4, -0.2) is 18.0 Å². The first-order valence-electron chi connectivity index (χ1n) is 7.03. The summed E-state index contributed by atoms with van der Waals surface area (Å²) < 4.78 is 6.26. The molecule has 1 aliphatic heterocycles. The second-order valence-electron chi connectivity index (χ2n) is 7.04. The van der Waals surface area contributed by atoms with Crippen molar-refractivity contribution in [3.63, 3.8) is 0 Å². The number of carbonyl (C=O) groups excluding carboxylic acids is 1. The molecule has 0 spiro atoms. The smallest absolute Gasteiger partial charge is 0.226 e. The number of fused-ring (bicyclic) bond motifs is 1. The number of allylic oxidation sites excluding steroid dienone is 1. The van der Waals surface area contributed by atoms with Gasteiger partial charge in [-0.05, 0) is 18.8 Å². The maximum Gasteiger partial charge on any atom is 0.226 e. The van der Waals surface area contributed by atoms with E-state index in [1.54, 1.807) is 0 Å². The van der Waals surface area contributed by atoms with E-state index in [1.807, 2.05) is 19.9 Å². The molecule has 0 N–H and O–H groups in total. The first kappa shape index (κ1) is 14.3. The lowest BCUT2D eigenvalue weighted by Crippen LogP contribution is -2.56. The predicted octanol–water partition coefficient (Wildman–Crippen LogP) is 3.61. The van der Waals surface area contributed by atoms with Gasteiger partial charge in [0.05, 0.1) is 18.8 Å². The van der Waals surface area contributed by atoms with Gasteiger partial charge in [0.2, 0.25) is 5.70 Å². The minimum absolute atomic E-state index is 0.0746. The summed E-state index contributed by atoms with van der Waals surface area (Å²) in [7, 11) is 0.